The number of fused-ring (bicyclic) bond motifs is 3. The molecule has 0 nitrogen and oxygen atoms in total. The molecule has 0 saturated heterocycles. The smallest absolute Gasteiger partial charge is 0.0201 e. The lowest BCUT2D eigenvalue weighted by Gasteiger charge is -2.57. The lowest BCUT2D eigenvalue weighted by molar-refractivity contribution is -0.0314. The maximum absolute atomic E-state index is 2.86. The van der Waals surface area contributed by atoms with Crippen molar-refractivity contribution in [1.29, 1.82) is 0 Å². The molecule has 0 spiro atoms. The summed E-state index contributed by atoms with van der Waals surface area (Å²) < 4.78 is 0. The minimum atomic E-state index is 0.147. The van der Waals surface area contributed by atoms with Crippen molar-refractivity contribution >= 4 is 0 Å². The van der Waals surface area contributed by atoms with Crippen molar-refractivity contribution in [3.63, 3.8) is 0 Å². The van der Waals surface area contributed by atoms with Crippen LogP contribution in [0.2, 0.25) is 0 Å². The predicted octanol–water partition coefficient (Wildman–Crippen LogP) is 11.7. The molecule has 0 heteroatoms. The summed E-state index contributed by atoms with van der Waals surface area (Å²) in [4.78, 5) is 0. The highest BCUT2D eigenvalue weighted by Gasteiger charge is 2.57. The Morgan fingerprint density at radius 2 is 1.21 bits per heavy atom. The summed E-state index contributed by atoms with van der Waals surface area (Å²) in [6, 6.07) is 15.2. The highest BCUT2D eigenvalue weighted by atomic mass is 14.6. The Bertz CT molecular complexity index is 1430. The van der Waals surface area contributed by atoms with Crippen molar-refractivity contribution in [1.82, 2.24) is 0 Å². The lowest BCUT2D eigenvalue weighted by atomic mass is 9.47. The fraction of sp³-hybridized carbons (Fsp3) is 0.619. The number of allylic oxidation sites excluding steroid dienone is 4. The van der Waals surface area contributed by atoms with Gasteiger partial charge in [0, 0.05) is 11.3 Å². The van der Waals surface area contributed by atoms with Crippen LogP contribution in [0.25, 0.3) is 11.1 Å². The van der Waals surface area contributed by atoms with Crippen molar-refractivity contribution in [3.05, 3.63) is 81.4 Å². The third-order valence-corrected chi connectivity index (χ3v) is 13.5. The summed E-state index contributed by atoms with van der Waals surface area (Å²) in [6.45, 7) is 19.3. The van der Waals surface area contributed by atoms with Crippen LogP contribution in [0.1, 0.15) is 141 Å². The first kappa shape index (κ1) is 27.5. The lowest BCUT2D eigenvalue weighted by Crippen LogP contribution is -2.46. The molecule has 0 N–H and O–H groups in total. The van der Waals surface area contributed by atoms with Crippen LogP contribution in [0.3, 0.4) is 0 Å². The molecule has 1 atom stereocenters. The van der Waals surface area contributed by atoms with Gasteiger partial charge in [-0.15, -0.1) is 0 Å². The first-order chi connectivity index (χ1) is 19.8. The quantitative estimate of drug-likeness (QED) is 0.351. The number of hydrogen-bond acceptors (Lipinski definition) is 0. The van der Waals surface area contributed by atoms with E-state index in [0.717, 1.165) is 17.8 Å². The Labute approximate surface area is 256 Å². The molecule has 7 aliphatic carbocycles. The van der Waals surface area contributed by atoms with E-state index >= 15 is 0 Å². The maximum Gasteiger partial charge on any atom is 0.0201 e. The molecular weight excluding hydrogens is 504 g/mol. The fourth-order valence-electron chi connectivity index (χ4n) is 11.6. The van der Waals surface area contributed by atoms with E-state index in [9.17, 15) is 0 Å². The minimum absolute atomic E-state index is 0.147. The van der Waals surface area contributed by atoms with Gasteiger partial charge in [-0.3, -0.25) is 0 Å². The second kappa shape index (κ2) is 8.76. The second-order valence-corrected chi connectivity index (χ2v) is 18.3. The van der Waals surface area contributed by atoms with Crippen LogP contribution >= 0.6 is 0 Å². The van der Waals surface area contributed by atoms with Crippen LogP contribution in [0.4, 0.5) is 0 Å². The van der Waals surface area contributed by atoms with Crippen molar-refractivity contribution in [3.8, 4) is 11.1 Å². The van der Waals surface area contributed by atoms with Gasteiger partial charge < -0.3 is 0 Å². The van der Waals surface area contributed by atoms with E-state index in [-0.39, 0.29) is 16.2 Å². The summed E-state index contributed by atoms with van der Waals surface area (Å²) in [5.74, 6) is 4.11. The average molecular weight is 559 g/mol. The number of hydrogen-bond donors (Lipinski definition) is 0. The molecule has 0 aromatic heterocycles. The summed E-state index contributed by atoms with van der Waals surface area (Å²) in [5, 5.41) is 0. The summed E-state index contributed by atoms with van der Waals surface area (Å²) in [7, 11) is 0. The van der Waals surface area contributed by atoms with Crippen molar-refractivity contribution in [2.75, 3.05) is 0 Å². The molecule has 222 valence electrons. The molecule has 9 rings (SSSR count). The van der Waals surface area contributed by atoms with Crippen molar-refractivity contribution in [2.24, 2.45) is 34.5 Å². The van der Waals surface area contributed by atoms with Gasteiger partial charge in [-0.05, 0) is 137 Å². The zero-order valence-corrected chi connectivity index (χ0v) is 27.8. The maximum atomic E-state index is 2.86. The zero-order valence-electron chi connectivity index (χ0n) is 27.8. The van der Waals surface area contributed by atoms with Crippen LogP contribution in [-0.2, 0) is 10.8 Å². The molecule has 4 bridgehead atoms. The summed E-state index contributed by atoms with van der Waals surface area (Å²) in [6.07, 6.45) is 15.9. The molecule has 0 heterocycles. The van der Waals surface area contributed by atoms with Gasteiger partial charge in [-0.1, -0.05) is 109 Å². The van der Waals surface area contributed by atoms with E-state index in [2.05, 4.69) is 97.9 Å². The molecule has 4 saturated carbocycles. The van der Waals surface area contributed by atoms with E-state index in [1.807, 2.05) is 11.1 Å². The third-order valence-electron chi connectivity index (χ3n) is 13.5. The molecule has 1 unspecified atom stereocenters. The van der Waals surface area contributed by atoms with E-state index < -0.39 is 0 Å². The molecule has 42 heavy (non-hydrogen) atoms. The fourth-order valence-corrected chi connectivity index (χ4v) is 11.6. The Balaban J connectivity index is 1.28. The Hall–Kier alpha value is -2.08. The standard InChI is InChI=1S/C42H54/c1-25(2)42(14-13-29-18-32(21-37(29)42)41-22-26-15-27(23-41)17-28(16-26)24-41)38-33-11-9-30(39(3,4)5)19-35(33)36-20-31(40(6,7)8)10-12-34(36)38/h9-12,19-21,25-28,38H,13-18,22-24H2,1-8H3. The summed E-state index contributed by atoms with van der Waals surface area (Å²) >= 11 is 0. The van der Waals surface area contributed by atoms with Gasteiger partial charge in [-0.25, -0.2) is 0 Å². The van der Waals surface area contributed by atoms with E-state index in [1.165, 1.54) is 80.0 Å². The van der Waals surface area contributed by atoms with Gasteiger partial charge in [-0.2, -0.15) is 0 Å². The molecule has 7 aliphatic rings. The van der Waals surface area contributed by atoms with Crippen LogP contribution in [0.15, 0.2) is 59.2 Å². The first-order valence-electron chi connectivity index (χ1n) is 17.5. The van der Waals surface area contributed by atoms with Crippen LogP contribution in [0, 0.1) is 34.5 Å². The SMILES string of the molecule is CC(C)C1(C2c3ccc(C(C)(C)C)cc3-c3cc(C(C)(C)C)ccc32)CCC2=C1C=C(C13CC4CC(CC(C4)C1)C3)C2. The van der Waals surface area contributed by atoms with E-state index in [1.54, 1.807) is 16.7 Å². The van der Waals surface area contributed by atoms with E-state index in [4.69, 9.17) is 0 Å². The second-order valence-electron chi connectivity index (χ2n) is 18.3. The predicted molar refractivity (Wildman–Crippen MR) is 178 cm³/mol. The van der Waals surface area contributed by atoms with Crippen molar-refractivity contribution in [2.45, 2.75) is 130 Å². The van der Waals surface area contributed by atoms with Crippen molar-refractivity contribution < 1.29 is 0 Å². The molecule has 4 fully saturated rings. The Morgan fingerprint density at radius 1 is 0.714 bits per heavy atom. The average Bonchev–Trinajstić information content (AvgIpc) is 3.57. The highest BCUT2D eigenvalue weighted by molar-refractivity contribution is 5.81. The first-order valence-corrected chi connectivity index (χ1v) is 17.5. The monoisotopic (exact) mass is 558 g/mol. The van der Waals surface area contributed by atoms with Crippen LogP contribution in [-0.4, -0.2) is 0 Å². The van der Waals surface area contributed by atoms with Gasteiger partial charge in [0.2, 0.25) is 0 Å². The zero-order chi connectivity index (χ0) is 29.4. The topological polar surface area (TPSA) is 0 Å². The van der Waals surface area contributed by atoms with Gasteiger partial charge in [0.05, 0.1) is 0 Å². The molecule has 0 amide bonds. The largest absolute Gasteiger partial charge is 0.0623 e. The number of rotatable bonds is 3. The molecule has 0 aliphatic heterocycles. The van der Waals surface area contributed by atoms with E-state index in [0.29, 0.717) is 17.3 Å². The normalized spacial score (nSPS) is 33.5. The Morgan fingerprint density at radius 3 is 1.67 bits per heavy atom. The molecule has 2 aromatic rings. The van der Waals surface area contributed by atoms with Gasteiger partial charge in [0.25, 0.3) is 0 Å². The molecule has 0 radical (unpaired) electrons. The highest BCUT2D eigenvalue weighted by Crippen LogP contribution is 2.69. The summed E-state index contributed by atoms with van der Waals surface area (Å²) in [5.41, 5.74) is 15.7. The molecule has 2 aromatic carbocycles. The van der Waals surface area contributed by atoms with Gasteiger partial charge in [0.1, 0.15) is 0 Å². The number of benzene rings is 2. The molecular formula is C42H54. The van der Waals surface area contributed by atoms with Crippen LogP contribution < -0.4 is 0 Å². The van der Waals surface area contributed by atoms with Gasteiger partial charge in [0.15, 0.2) is 0 Å². The van der Waals surface area contributed by atoms with Gasteiger partial charge >= 0.3 is 0 Å². The van der Waals surface area contributed by atoms with Crippen LogP contribution in [0.5, 0.6) is 0 Å². The minimum Gasteiger partial charge on any atom is -0.0623 e. The third kappa shape index (κ3) is 3.78. The Kier molecular flexibility index (Phi) is 5.73.